The van der Waals surface area contributed by atoms with E-state index in [9.17, 15) is 9.59 Å². The van der Waals surface area contributed by atoms with Crippen LogP contribution >= 0.6 is 0 Å². The third-order valence-corrected chi connectivity index (χ3v) is 5.85. The van der Waals surface area contributed by atoms with Gasteiger partial charge in [-0.1, -0.05) is 30.3 Å². The van der Waals surface area contributed by atoms with Gasteiger partial charge in [0.15, 0.2) is 0 Å². The summed E-state index contributed by atoms with van der Waals surface area (Å²) in [6.45, 7) is 5.20. The van der Waals surface area contributed by atoms with Crippen LogP contribution in [0.25, 0.3) is 11.3 Å². The molecule has 2 aromatic rings. The summed E-state index contributed by atoms with van der Waals surface area (Å²) in [5.74, 6) is 2.07. The van der Waals surface area contributed by atoms with Crippen LogP contribution in [-0.4, -0.2) is 72.3 Å². The summed E-state index contributed by atoms with van der Waals surface area (Å²) < 4.78 is 5.90. The lowest BCUT2D eigenvalue weighted by atomic mass is 10.2. The molecule has 29 heavy (non-hydrogen) atoms. The van der Waals surface area contributed by atoms with Gasteiger partial charge >= 0.3 is 0 Å². The fourth-order valence-corrected chi connectivity index (χ4v) is 4.07. The van der Waals surface area contributed by atoms with Crippen molar-refractivity contribution in [2.45, 2.75) is 25.7 Å². The predicted octanol–water partition coefficient (Wildman–Crippen LogP) is 2.65. The average molecular weight is 396 g/mol. The van der Waals surface area contributed by atoms with Crippen molar-refractivity contribution in [1.82, 2.24) is 14.7 Å². The summed E-state index contributed by atoms with van der Waals surface area (Å²) in [5.41, 5.74) is 1.05. The Balaban J connectivity index is 1.20. The summed E-state index contributed by atoms with van der Waals surface area (Å²) >= 11 is 0. The number of benzene rings is 1. The lowest BCUT2D eigenvalue weighted by molar-refractivity contribution is -0.134. The molecule has 0 saturated carbocycles. The van der Waals surface area contributed by atoms with E-state index in [0.29, 0.717) is 32.5 Å². The van der Waals surface area contributed by atoms with Crippen molar-refractivity contribution in [3.8, 4) is 11.3 Å². The van der Waals surface area contributed by atoms with Crippen LogP contribution in [0.1, 0.15) is 25.0 Å². The van der Waals surface area contributed by atoms with Crippen molar-refractivity contribution in [3.63, 3.8) is 0 Å². The summed E-state index contributed by atoms with van der Waals surface area (Å²) in [7, 11) is 0. The van der Waals surface area contributed by atoms with Crippen molar-refractivity contribution < 1.29 is 14.0 Å². The zero-order valence-corrected chi connectivity index (χ0v) is 16.9. The lowest BCUT2D eigenvalue weighted by Gasteiger charge is -2.35. The molecule has 1 aromatic carbocycles. The van der Waals surface area contributed by atoms with E-state index in [4.69, 9.17) is 4.42 Å². The van der Waals surface area contributed by atoms with Gasteiger partial charge in [0.25, 0.3) is 0 Å². The van der Waals surface area contributed by atoms with Gasteiger partial charge in [0, 0.05) is 57.7 Å². The standard InChI is InChI=1S/C23H29N3O3/c27-22(11-9-20-8-10-21(29-20)19-6-2-1-3-7-19)26-16-14-24(15-17-26)18-23(28)25-12-4-5-13-25/h1-3,6-8,10H,4-5,9,11-18H2. The second-order valence-corrected chi connectivity index (χ2v) is 7.88. The van der Waals surface area contributed by atoms with Gasteiger partial charge in [-0.3, -0.25) is 14.5 Å². The van der Waals surface area contributed by atoms with Gasteiger partial charge in [-0.05, 0) is 25.0 Å². The van der Waals surface area contributed by atoms with Gasteiger partial charge in [0.1, 0.15) is 11.5 Å². The second kappa shape index (κ2) is 9.27. The van der Waals surface area contributed by atoms with Crippen LogP contribution in [0.4, 0.5) is 0 Å². The van der Waals surface area contributed by atoms with E-state index in [1.165, 1.54) is 0 Å². The number of hydrogen-bond acceptors (Lipinski definition) is 4. The summed E-state index contributed by atoms with van der Waals surface area (Å²) in [4.78, 5) is 30.9. The van der Waals surface area contributed by atoms with Crippen molar-refractivity contribution in [2.75, 3.05) is 45.8 Å². The van der Waals surface area contributed by atoms with Gasteiger partial charge in [0.2, 0.25) is 11.8 Å². The average Bonchev–Trinajstić information content (AvgIpc) is 3.45. The summed E-state index contributed by atoms with van der Waals surface area (Å²) in [6.07, 6.45) is 3.31. The van der Waals surface area contributed by atoms with E-state index in [2.05, 4.69) is 4.90 Å². The molecule has 2 fully saturated rings. The molecule has 6 heteroatoms. The first-order valence-corrected chi connectivity index (χ1v) is 10.6. The highest BCUT2D eigenvalue weighted by atomic mass is 16.3. The topological polar surface area (TPSA) is 57.0 Å². The number of furan rings is 1. The first-order chi connectivity index (χ1) is 14.2. The van der Waals surface area contributed by atoms with E-state index in [0.717, 1.165) is 56.1 Å². The maximum Gasteiger partial charge on any atom is 0.236 e. The predicted molar refractivity (Wildman–Crippen MR) is 111 cm³/mol. The fourth-order valence-electron chi connectivity index (χ4n) is 4.07. The number of likely N-dealkylation sites (tertiary alicyclic amines) is 1. The van der Waals surface area contributed by atoms with Crippen LogP contribution in [0.15, 0.2) is 46.9 Å². The Labute approximate surface area is 172 Å². The quantitative estimate of drug-likeness (QED) is 0.755. The number of amides is 2. The second-order valence-electron chi connectivity index (χ2n) is 7.88. The van der Waals surface area contributed by atoms with E-state index < -0.39 is 0 Å². The van der Waals surface area contributed by atoms with Crippen molar-refractivity contribution in [2.24, 2.45) is 0 Å². The van der Waals surface area contributed by atoms with Gasteiger partial charge in [-0.15, -0.1) is 0 Å². The molecule has 1 aromatic heterocycles. The van der Waals surface area contributed by atoms with Crippen LogP contribution in [0, 0.1) is 0 Å². The Kier molecular flexibility index (Phi) is 6.30. The van der Waals surface area contributed by atoms with Crippen LogP contribution < -0.4 is 0 Å². The highest BCUT2D eigenvalue weighted by molar-refractivity contribution is 5.79. The number of nitrogens with zero attached hydrogens (tertiary/aromatic N) is 3. The van der Waals surface area contributed by atoms with Gasteiger partial charge < -0.3 is 14.2 Å². The molecule has 0 radical (unpaired) electrons. The number of hydrogen-bond donors (Lipinski definition) is 0. The summed E-state index contributed by atoms with van der Waals surface area (Å²) in [5, 5.41) is 0. The molecule has 0 spiro atoms. The number of rotatable bonds is 6. The number of carbonyl (C=O) groups excluding carboxylic acids is 2. The van der Waals surface area contributed by atoms with E-state index >= 15 is 0 Å². The molecule has 4 rings (SSSR count). The van der Waals surface area contributed by atoms with Crippen molar-refractivity contribution in [3.05, 3.63) is 48.2 Å². The third kappa shape index (κ3) is 5.07. The monoisotopic (exact) mass is 395 g/mol. The lowest BCUT2D eigenvalue weighted by Crippen LogP contribution is -2.51. The van der Waals surface area contributed by atoms with Crippen LogP contribution in [0.5, 0.6) is 0 Å². The molecule has 2 amide bonds. The minimum Gasteiger partial charge on any atom is -0.461 e. The molecule has 0 N–H and O–H groups in total. The highest BCUT2D eigenvalue weighted by Crippen LogP contribution is 2.22. The number of piperazine rings is 1. The smallest absolute Gasteiger partial charge is 0.236 e. The highest BCUT2D eigenvalue weighted by Gasteiger charge is 2.25. The minimum absolute atomic E-state index is 0.160. The Morgan fingerprint density at radius 1 is 0.793 bits per heavy atom. The first-order valence-electron chi connectivity index (χ1n) is 10.6. The molecule has 2 aliphatic heterocycles. The number of aryl methyl sites for hydroxylation is 1. The molecule has 154 valence electrons. The minimum atomic E-state index is 0.160. The molecule has 0 atom stereocenters. The largest absolute Gasteiger partial charge is 0.461 e. The van der Waals surface area contributed by atoms with Gasteiger partial charge in [-0.2, -0.15) is 0 Å². The molecular weight excluding hydrogens is 366 g/mol. The van der Waals surface area contributed by atoms with Gasteiger partial charge in [0.05, 0.1) is 6.54 Å². The molecule has 0 aliphatic carbocycles. The molecule has 6 nitrogen and oxygen atoms in total. The zero-order chi connectivity index (χ0) is 20.1. The normalized spacial score (nSPS) is 17.7. The molecule has 0 unspecified atom stereocenters. The van der Waals surface area contributed by atoms with Crippen molar-refractivity contribution >= 4 is 11.8 Å². The molecule has 2 saturated heterocycles. The summed E-state index contributed by atoms with van der Waals surface area (Å²) in [6, 6.07) is 13.9. The first kappa shape index (κ1) is 19.7. The maximum absolute atomic E-state index is 12.6. The van der Waals surface area contributed by atoms with E-state index in [1.54, 1.807) is 0 Å². The Morgan fingerprint density at radius 3 is 2.21 bits per heavy atom. The number of carbonyl (C=O) groups is 2. The Bertz CT molecular complexity index is 819. The van der Waals surface area contributed by atoms with Crippen LogP contribution in [0.2, 0.25) is 0 Å². The van der Waals surface area contributed by atoms with E-state index in [1.807, 2.05) is 52.3 Å². The van der Waals surface area contributed by atoms with Gasteiger partial charge in [-0.25, -0.2) is 0 Å². The SMILES string of the molecule is O=C(CCc1ccc(-c2ccccc2)o1)N1CCN(CC(=O)N2CCCC2)CC1. The fraction of sp³-hybridized carbons (Fsp3) is 0.478. The molecule has 0 bridgehead atoms. The Morgan fingerprint density at radius 2 is 1.48 bits per heavy atom. The zero-order valence-electron chi connectivity index (χ0n) is 16.9. The third-order valence-electron chi connectivity index (χ3n) is 5.85. The Hall–Kier alpha value is -2.60. The van der Waals surface area contributed by atoms with Crippen LogP contribution in [0.3, 0.4) is 0 Å². The van der Waals surface area contributed by atoms with Crippen molar-refractivity contribution in [1.29, 1.82) is 0 Å². The van der Waals surface area contributed by atoms with Crippen LogP contribution in [-0.2, 0) is 16.0 Å². The molecular formula is C23H29N3O3. The molecule has 3 heterocycles. The molecule has 2 aliphatic rings. The van der Waals surface area contributed by atoms with E-state index in [-0.39, 0.29) is 11.8 Å². The maximum atomic E-state index is 12.6.